The van der Waals surface area contributed by atoms with Crippen molar-refractivity contribution in [3.05, 3.63) is 60.1 Å². The molecule has 2 unspecified atom stereocenters. The zero-order valence-corrected chi connectivity index (χ0v) is 20.7. The fourth-order valence-corrected chi connectivity index (χ4v) is 7.31. The van der Waals surface area contributed by atoms with Gasteiger partial charge in [0.1, 0.15) is 12.2 Å². The quantitative estimate of drug-likeness (QED) is 0.498. The Labute approximate surface area is 209 Å². The Bertz CT molecular complexity index is 1130. The lowest BCUT2D eigenvalue weighted by Gasteiger charge is -2.63. The summed E-state index contributed by atoms with van der Waals surface area (Å²) in [6.45, 7) is 3.98. The second kappa shape index (κ2) is 9.07. The van der Waals surface area contributed by atoms with Crippen LogP contribution in [0.2, 0.25) is 0 Å². The van der Waals surface area contributed by atoms with Gasteiger partial charge in [0.25, 0.3) is 0 Å². The molecule has 8 nitrogen and oxygen atoms in total. The lowest BCUT2D eigenvalue weighted by atomic mass is 9.42. The van der Waals surface area contributed by atoms with Crippen LogP contribution in [-0.4, -0.2) is 42.3 Å². The maximum absolute atomic E-state index is 13.2. The Morgan fingerprint density at radius 2 is 1.86 bits per heavy atom. The summed E-state index contributed by atoms with van der Waals surface area (Å²) in [7, 11) is 1.34. The summed E-state index contributed by atoms with van der Waals surface area (Å²) < 4.78 is 22.0. The molecule has 3 fully saturated rings. The molecule has 0 spiro atoms. The standard InChI is InChI=1S/C28H32O8/c1-27-11-9-18-26(32)36-21(17-10-12-34-15-17)14-28(18,2)23(27)22(29)20(13-19(27)25(31)33-3)35-24(30)16-7-5-4-6-8-16/h4-8,10,12,15,18-23,29H,9,11,13-14H2,1-3H3/t18-,19-,20-,21-,22?,23?,27-,28-/m0/s1. The lowest BCUT2D eigenvalue weighted by molar-refractivity contribution is -0.236. The lowest BCUT2D eigenvalue weighted by Crippen LogP contribution is -2.66. The molecule has 192 valence electrons. The molecule has 0 bridgehead atoms. The summed E-state index contributed by atoms with van der Waals surface area (Å²) in [4.78, 5) is 39.2. The molecule has 2 aromatic rings. The first-order chi connectivity index (χ1) is 17.2. The van der Waals surface area contributed by atoms with Crippen molar-refractivity contribution in [1.29, 1.82) is 0 Å². The van der Waals surface area contributed by atoms with E-state index in [0.717, 1.165) is 5.56 Å². The molecule has 8 atom stereocenters. The molecule has 36 heavy (non-hydrogen) atoms. The number of esters is 3. The van der Waals surface area contributed by atoms with Crippen molar-refractivity contribution in [3.63, 3.8) is 0 Å². The van der Waals surface area contributed by atoms with Crippen molar-refractivity contribution in [3.8, 4) is 0 Å². The minimum absolute atomic E-state index is 0.149. The van der Waals surface area contributed by atoms with Gasteiger partial charge >= 0.3 is 17.9 Å². The number of hydrogen-bond donors (Lipinski definition) is 1. The highest BCUT2D eigenvalue weighted by atomic mass is 16.6. The molecule has 1 aliphatic heterocycles. The first kappa shape index (κ1) is 24.6. The zero-order chi connectivity index (χ0) is 25.7. The van der Waals surface area contributed by atoms with Crippen molar-refractivity contribution < 1.29 is 38.1 Å². The number of benzene rings is 1. The normalized spacial score (nSPS) is 37.7. The monoisotopic (exact) mass is 496 g/mol. The fraction of sp³-hybridized carbons (Fsp3) is 0.536. The second-order valence-electron chi connectivity index (χ2n) is 10.9. The Hall–Kier alpha value is -3.13. The van der Waals surface area contributed by atoms with Crippen molar-refractivity contribution >= 4 is 17.9 Å². The predicted octanol–water partition coefficient (Wildman–Crippen LogP) is 4.09. The SMILES string of the molecule is COC(=O)[C@@H]1C[C@H](OC(=O)c2ccccc2)C(O)C2[C@@]1(C)CC[C@H]1C(=O)O[C@H](c3ccoc3)C[C@]21C. The molecule has 3 aliphatic rings. The number of carbonyl (C=O) groups excluding carboxylic acids is 3. The van der Waals surface area contributed by atoms with E-state index < -0.39 is 58.8 Å². The third kappa shape index (κ3) is 3.82. The number of carbonyl (C=O) groups is 3. The molecule has 1 aromatic heterocycles. The molecule has 8 heteroatoms. The van der Waals surface area contributed by atoms with E-state index in [-0.39, 0.29) is 12.4 Å². The van der Waals surface area contributed by atoms with E-state index in [2.05, 4.69) is 0 Å². The largest absolute Gasteiger partial charge is 0.472 e. The van der Waals surface area contributed by atoms with Crippen LogP contribution in [-0.2, 0) is 23.8 Å². The zero-order valence-electron chi connectivity index (χ0n) is 20.7. The number of rotatable bonds is 4. The van der Waals surface area contributed by atoms with Crippen LogP contribution in [0.5, 0.6) is 0 Å². The fourth-order valence-electron chi connectivity index (χ4n) is 7.31. The number of furan rings is 1. The molecule has 1 aromatic carbocycles. The van der Waals surface area contributed by atoms with Gasteiger partial charge in [-0.1, -0.05) is 32.0 Å². The van der Waals surface area contributed by atoms with Gasteiger partial charge in [0.15, 0.2) is 0 Å². The molecular weight excluding hydrogens is 464 g/mol. The van der Waals surface area contributed by atoms with Crippen LogP contribution in [0.15, 0.2) is 53.3 Å². The van der Waals surface area contributed by atoms with Gasteiger partial charge in [0, 0.05) is 17.9 Å². The van der Waals surface area contributed by atoms with Gasteiger partial charge in [0.2, 0.25) is 0 Å². The average Bonchev–Trinajstić information content (AvgIpc) is 3.40. The topological polar surface area (TPSA) is 112 Å². The molecule has 2 heterocycles. The molecule has 2 aliphatic carbocycles. The molecule has 0 radical (unpaired) electrons. The summed E-state index contributed by atoms with van der Waals surface area (Å²) in [6.07, 6.45) is 2.23. The first-order valence-electron chi connectivity index (χ1n) is 12.4. The van der Waals surface area contributed by atoms with Crippen molar-refractivity contribution in [1.82, 2.24) is 0 Å². The van der Waals surface area contributed by atoms with Gasteiger partial charge in [-0.05, 0) is 48.3 Å². The van der Waals surface area contributed by atoms with Gasteiger partial charge in [-0.2, -0.15) is 0 Å². The van der Waals surface area contributed by atoms with E-state index in [4.69, 9.17) is 18.6 Å². The van der Waals surface area contributed by atoms with E-state index in [1.54, 1.807) is 42.7 Å². The van der Waals surface area contributed by atoms with E-state index in [1.807, 2.05) is 13.8 Å². The highest BCUT2D eigenvalue weighted by Gasteiger charge is 2.67. The summed E-state index contributed by atoms with van der Waals surface area (Å²) in [5.41, 5.74) is -0.265. The number of cyclic esters (lactones) is 1. The summed E-state index contributed by atoms with van der Waals surface area (Å²) >= 11 is 0. The van der Waals surface area contributed by atoms with Crippen LogP contribution in [0.4, 0.5) is 0 Å². The van der Waals surface area contributed by atoms with Gasteiger partial charge < -0.3 is 23.7 Å². The van der Waals surface area contributed by atoms with Crippen LogP contribution in [0.3, 0.4) is 0 Å². The number of hydrogen-bond acceptors (Lipinski definition) is 8. The van der Waals surface area contributed by atoms with Crippen LogP contribution >= 0.6 is 0 Å². The summed E-state index contributed by atoms with van der Waals surface area (Å²) in [6, 6.07) is 10.3. The smallest absolute Gasteiger partial charge is 0.338 e. The first-order valence-corrected chi connectivity index (χ1v) is 12.4. The number of aliphatic hydroxyl groups excluding tert-OH is 1. The maximum Gasteiger partial charge on any atom is 0.338 e. The minimum Gasteiger partial charge on any atom is -0.472 e. The van der Waals surface area contributed by atoms with Crippen LogP contribution in [0.25, 0.3) is 0 Å². The summed E-state index contributed by atoms with van der Waals surface area (Å²) in [5.74, 6) is -2.85. The Morgan fingerprint density at radius 1 is 1.11 bits per heavy atom. The van der Waals surface area contributed by atoms with Crippen molar-refractivity contribution in [2.45, 2.75) is 57.8 Å². The van der Waals surface area contributed by atoms with Crippen LogP contribution in [0.1, 0.15) is 61.6 Å². The van der Waals surface area contributed by atoms with Crippen LogP contribution in [0, 0.1) is 28.6 Å². The summed E-state index contributed by atoms with van der Waals surface area (Å²) in [5, 5.41) is 11.8. The molecule has 0 amide bonds. The molecule has 2 saturated carbocycles. The van der Waals surface area contributed by atoms with Gasteiger partial charge in [0.05, 0.1) is 43.1 Å². The average molecular weight is 497 g/mol. The van der Waals surface area contributed by atoms with E-state index >= 15 is 0 Å². The van der Waals surface area contributed by atoms with Gasteiger partial charge in [-0.3, -0.25) is 9.59 Å². The van der Waals surface area contributed by atoms with Crippen molar-refractivity contribution in [2.24, 2.45) is 28.6 Å². The molecule has 5 rings (SSSR count). The van der Waals surface area contributed by atoms with Crippen molar-refractivity contribution in [2.75, 3.05) is 7.11 Å². The Kier molecular flexibility index (Phi) is 6.19. The number of fused-ring (bicyclic) bond motifs is 3. The Morgan fingerprint density at radius 3 is 2.53 bits per heavy atom. The highest BCUT2D eigenvalue weighted by Crippen LogP contribution is 2.66. The molecule has 1 saturated heterocycles. The van der Waals surface area contributed by atoms with E-state index in [1.165, 1.54) is 13.4 Å². The Balaban J connectivity index is 1.53. The molecular formula is C28H32O8. The minimum atomic E-state index is -1.08. The molecule has 1 N–H and O–H groups in total. The number of methoxy groups -OCH3 is 1. The van der Waals surface area contributed by atoms with E-state index in [9.17, 15) is 19.5 Å². The van der Waals surface area contributed by atoms with E-state index in [0.29, 0.717) is 24.8 Å². The maximum atomic E-state index is 13.2. The van der Waals surface area contributed by atoms with Gasteiger partial charge in [-0.15, -0.1) is 0 Å². The predicted molar refractivity (Wildman–Crippen MR) is 126 cm³/mol. The van der Waals surface area contributed by atoms with Gasteiger partial charge in [-0.25, -0.2) is 4.79 Å². The van der Waals surface area contributed by atoms with Crippen LogP contribution < -0.4 is 0 Å². The number of aliphatic hydroxyl groups is 1. The third-order valence-corrected chi connectivity index (χ3v) is 9.01. The highest BCUT2D eigenvalue weighted by molar-refractivity contribution is 5.89. The number of ether oxygens (including phenoxy) is 3. The second-order valence-corrected chi connectivity index (χ2v) is 10.9. The third-order valence-electron chi connectivity index (χ3n) is 9.01.